The number of amides is 1. The molecule has 1 aliphatic rings. The van der Waals surface area contributed by atoms with Gasteiger partial charge >= 0.3 is 0 Å². The molecule has 4 nitrogen and oxygen atoms in total. The number of carbonyl (C=O) groups excluding carboxylic acids is 1. The van der Waals surface area contributed by atoms with E-state index < -0.39 is 0 Å². The summed E-state index contributed by atoms with van der Waals surface area (Å²) < 4.78 is 13.4. The summed E-state index contributed by atoms with van der Waals surface area (Å²) >= 11 is 1.62. The Balaban J connectivity index is 1.59. The van der Waals surface area contributed by atoms with Gasteiger partial charge in [0.1, 0.15) is 11.9 Å². The minimum Gasteiger partial charge on any atom is -0.354 e. The third kappa shape index (κ3) is 5.26. The first kappa shape index (κ1) is 17.2. The van der Waals surface area contributed by atoms with Crippen LogP contribution in [-0.2, 0) is 10.5 Å². The van der Waals surface area contributed by atoms with Gasteiger partial charge in [0, 0.05) is 24.1 Å². The van der Waals surface area contributed by atoms with Gasteiger partial charge in [-0.15, -0.1) is 0 Å². The molecule has 1 aromatic carbocycles. The summed E-state index contributed by atoms with van der Waals surface area (Å²) in [6, 6.07) is 7.04. The maximum absolute atomic E-state index is 13.4. The molecule has 1 amide bonds. The molecule has 1 aromatic rings. The summed E-state index contributed by atoms with van der Waals surface area (Å²) in [5.41, 5.74) is 6.92. The van der Waals surface area contributed by atoms with E-state index >= 15 is 0 Å². The van der Waals surface area contributed by atoms with Crippen molar-refractivity contribution in [1.82, 2.24) is 16.2 Å². The number of halogens is 1. The van der Waals surface area contributed by atoms with Crippen LogP contribution in [0.2, 0.25) is 0 Å². The molecule has 2 unspecified atom stereocenters. The molecule has 0 aromatic heterocycles. The van der Waals surface area contributed by atoms with E-state index in [2.05, 4.69) is 23.1 Å². The highest BCUT2D eigenvalue weighted by Crippen LogP contribution is 2.15. The van der Waals surface area contributed by atoms with E-state index in [1.165, 1.54) is 6.07 Å². The molecule has 0 aliphatic carbocycles. The van der Waals surface area contributed by atoms with Gasteiger partial charge in [0.25, 0.3) is 0 Å². The van der Waals surface area contributed by atoms with E-state index in [9.17, 15) is 9.18 Å². The van der Waals surface area contributed by atoms with Crippen LogP contribution in [-0.4, -0.2) is 30.3 Å². The predicted octanol–water partition coefficient (Wildman–Crippen LogP) is 2.21. The molecule has 1 saturated heterocycles. The summed E-state index contributed by atoms with van der Waals surface area (Å²) in [7, 11) is 0. The number of hydrazine groups is 1. The van der Waals surface area contributed by atoms with Crippen molar-refractivity contribution >= 4 is 17.7 Å². The van der Waals surface area contributed by atoms with Crippen molar-refractivity contribution in [3.63, 3.8) is 0 Å². The Morgan fingerprint density at radius 3 is 3.00 bits per heavy atom. The number of rotatable bonds is 8. The number of nitrogens with one attached hydrogen (secondary N) is 3. The third-order valence-corrected chi connectivity index (χ3v) is 4.70. The van der Waals surface area contributed by atoms with Crippen molar-refractivity contribution in [2.24, 2.45) is 0 Å². The molecule has 0 bridgehead atoms. The van der Waals surface area contributed by atoms with Crippen molar-refractivity contribution in [3.05, 3.63) is 35.6 Å². The average molecular weight is 325 g/mol. The Morgan fingerprint density at radius 1 is 1.41 bits per heavy atom. The first-order chi connectivity index (χ1) is 10.7. The molecule has 0 radical (unpaired) electrons. The van der Waals surface area contributed by atoms with Crippen molar-refractivity contribution in [3.8, 4) is 0 Å². The Kier molecular flexibility index (Phi) is 7.15. The fourth-order valence-corrected chi connectivity index (χ4v) is 3.34. The quantitative estimate of drug-likeness (QED) is 0.642. The highest BCUT2D eigenvalue weighted by Gasteiger charge is 2.28. The van der Waals surface area contributed by atoms with Gasteiger partial charge in [-0.3, -0.25) is 10.2 Å². The van der Waals surface area contributed by atoms with Crippen LogP contribution in [0.3, 0.4) is 0 Å². The van der Waals surface area contributed by atoms with E-state index in [1.54, 1.807) is 23.9 Å². The third-order valence-electron chi connectivity index (χ3n) is 3.70. The van der Waals surface area contributed by atoms with Crippen molar-refractivity contribution < 1.29 is 9.18 Å². The molecule has 0 saturated carbocycles. The van der Waals surface area contributed by atoms with Crippen LogP contribution in [0.1, 0.15) is 31.7 Å². The SMILES string of the molecule is CCCC1CC(C(=O)NCCSCc2ccccc2F)NN1. The zero-order valence-corrected chi connectivity index (χ0v) is 13.7. The molecule has 2 rings (SSSR count). The lowest BCUT2D eigenvalue weighted by Crippen LogP contribution is -2.44. The second-order valence-electron chi connectivity index (χ2n) is 5.50. The minimum absolute atomic E-state index is 0.0394. The van der Waals surface area contributed by atoms with Crippen LogP contribution in [0, 0.1) is 5.82 Å². The fourth-order valence-electron chi connectivity index (χ4n) is 2.50. The Hall–Kier alpha value is -1.11. The second kappa shape index (κ2) is 9.12. The van der Waals surface area contributed by atoms with E-state index in [4.69, 9.17) is 0 Å². The summed E-state index contributed by atoms with van der Waals surface area (Å²) in [5.74, 6) is 1.28. The van der Waals surface area contributed by atoms with Crippen LogP contribution in [0.5, 0.6) is 0 Å². The van der Waals surface area contributed by atoms with Gasteiger partial charge in [-0.05, 0) is 24.5 Å². The molecule has 0 spiro atoms. The van der Waals surface area contributed by atoms with Crippen LogP contribution in [0.4, 0.5) is 4.39 Å². The molecule has 1 heterocycles. The van der Waals surface area contributed by atoms with Crippen molar-refractivity contribution in [1.29, 1.82) is 0 Å². The van der Waals surface area contributed by atoms with E-state index in [1.807, 2.05) is 6.07 Å². The normalized spacial score (nSPS) is 21.0. The molecule has 3 N–H and O–H groups in total. The maximum atomic E-state index is 13.4. The molecule has 1 fully saturated rings. The zero-order chi connectivity index (χ0) is 15.8. The molecule has 122 valence electrons. The highest BCUT2D eigenvalue weighted by atomic mass is 32.2. The van der Waals surface area contributed by atoms with Crippen molar-refractivity contribution in [2.45, 2.75) is 44.0 Å². The molecule has 22 heavy (non-hydrogen) atoms. The van der Waals surface area contributed by atoms with Crippen LogP contribution in [0.15, 0.2) is 24.3 Å². The monoisotopic (exact) mass is 325 g/mol. The molecule has 6 heteroatoms. The average Bonchev–Trinajstić information content (AvgIpc) is 2.98. The summed E-state index contributed by atoms with van der Waals surface area (Å²) in [4.78, 5) is 12.0. The number of benzene rings is 1. The lowest BCUT2D eigenvalue weighted by atomic mass is 10.1. The largest absolute Gasteiger partial charge is 0.354 e. The summed E-state index contributed by atoms with van der Waals surface area (Å²) in [6.45, 7) is 2.75. The smallest absolute Gasteiger partial charge is 0.238 e. The van der Waals surface area contributed by atoms with Crippen LogP contribution in [0.25, 0.3) is 0 Å². The van der Waals surface area contributed by atoms with Gasteiger partial charge in [-0.2, -0.15) is 11.8 Å². The predicted molar refractivity (Wildman–Crippen MR) is 88.9 cm³/mol. The standard InChI is InChI=1S/C16H24FN3OS/c1-2-5-13-10-15(20-19-13)16(21)18-8-9-22-11-12-6-3-4-7-14(12)17/h3-4,6-7,13,15,19-20H,2,5,8-11H2,1H3,(H,18,21). The van der Waals surface area contributed by atoms with E-state index in [0.717, 1.165) is 25.0 Å². The Bertz CT molecular complexity index is 486. The Morgan fingerprint density at radius 2 is 2.23 bits per heavy atom. The molecular weight excluding hydrogens is 301 g/mol. The van der Waals surface area contributed by atoms with Gasteiger partial charge < -0.3 is 5.32 Å². The van der Waals surface area contributed by atoms with Gasteiger partial charge in [-0.25, -0.2) is 9.82 Å². The second-order valence-corrected chi connectivity index (χ2v) is 6.60. The number of thioether (sulfide) groups is 1. The van der Waals surface area contributed by atoms with Gasteiger partial charge in [0.05, 0.1) is 0 Å². The fraction of sp³-hybridized carbons (Fsp3) is 0.562. The number of hydrogen-bond acceptors (Lipinski definition) is 4. The topological polar surface area (TPSA) is 53.2 Å². The zero-order valence-electron chi connectivity index (χ0n) is 12.9. The molecular formula is C16H24FN3OS. The summed E-state index contributed by atoms with van der Waals surface area (Å²) in [5, 5.41) is 2.93. The number of hydrogen-bond donors (Lipinski definition) is 3. The lowest BCUT2D eigenvalue weighted by Gasteiger charge is -2.10. The van der Waals surface area contributed by atoms with Crippen LogP contribution >= 0.6 is 11.8 Å². The van der Waals surface area contributed by atoms with E-state index in [0.29, 0.717) is 23.9 Å². The molecule has 2 atom stereocenters. The lowest BCUT2D eigenvalue weighted by molar-refractivity contribution is -0.122. The van der Waals surface area contributed by atoms with Gasteiger partial charge in [0.15, 0.2) is 0 Å². The Labute approximate surface area is 135 Å². The first-order valence-corrected chi connectivity index (χ1v) is 8.96. The van der Waals surface area contributed by atoms with E-state index in [-0.39, 0.29) is 17.8 Å². The highest BCUT2D eigenvalue weighted by molar-refractivity contribution is 7.98. The minimum atomic E-state index is -0.165. The summed E-state index contributed by atoms with van der Waals surface area (Å²) in [6.07, 6.45) is 3.03. The van der Waals surface area contributed by atoms with Crippen molar-refractivity contribution in [2.75, 3.05) is 12.3 Å². The van der Waals surface area contributed by atoms with Gasteiger partial charge in [0.2, 0.25) is 5.91 Å². The maximum Gasteiger partial charge on any atom is 0.238 e. The number of carbonyl (C=O) groups is 1. The molecule has 1 aliphatic heterocycles. The first-order valence-electron chi connectivity index (χ1n) is 7.80. The van der Waals surface area contributed by atoms with Gasteiger partial charge in [-0.1, -0.05) is 31.5 Å². The van der Waals surface area contributed by atoms with Crippen LogP contribution < -0.4 is 16.2 Å².